The summed E-state index contributed by atoms with van der Waals surface area (Å²) in [6, 6.07) is 7.74. The number of aromatic nitrogens is 4. The van der Waals surface area contributed by atoms with E-state index in [2.05, 4.69) is 20.6 Å². The summed E-state index contributed by atoms with van der Waals surface area (Å²) in [7, 11) is 1.88. The minimum absolute atomic E-state index is 0.162. The van der Waals surface area contributed by atoms with E-state index in [1.165, 1.54) is 0 Å². The lowest BCUT2D eigenvalue weighted by Crippen LogP contribution is -2.27. The van der Waals surface area contributed by atoms with Gasteiger partial charge in [0.15, 0.2) is 5.82 Å². The van der Waals surface area contributed by atoms with E-state index < -0.39 is 0 Å². The van der Waals surface area contributed by atoms with Crippen molar-refractivity contribution in [3.63, 3.8) is 0 Å². The minimum Gasteiger partial charge on any atom is -0.368 e. The molecule has 1 N–H and O–H groups in total. The number of hydrogen-bond donors (Lipinski definition) is 1. The van der Waals surface area contributed by atoms with E-state index in [-0.39, 0.29) is 12.0 Å². The van der Waals surface area contributed by atoms with Crippen molar-refractivity contribution in [2.24, 2.45) is 7.05 Å². The molecule has 1 amide bonds. The molecule has 7 heteroatoms. The molecule has 0 radical (unpaired) electrons. The molecule has 0 aliphatic carbocycles. The number of amides is 1. The van der Waals surface area contributed by atoms with Crippen LogP contribution in [-0.2, 0) is 16.6 Å². The number of carbonyl (C=O) groups excluding carboxylic acids is 1. The molecule has 3 heterocycles. The first-order valence-corrected chi connectivity index (χ1v) is 7.88. The fourth-order valence-electron chi connectivity index (χ4n) is 2.85. The molecular weight excluding hydrogens is 306 g/mol. The Bertz CT molecular complexity index is 899. The highest BCUT2D eigenvalue weighted by atomic mass is 16.5. The smallest absolute Gasteiger partial charge is 0.254 e. The van der Waals surface area contributed by atoms with E-state index in [1.807, 2.05) is 43.7 Å². The van der Waals surface area contributed by atoms with Gasteiger partial charge in [-0.3, -0.25) is 9.48 Å². The van der Waals surface area contributed by atoms with Gasteiger partial charge in [0, 0.05) is 30.8 Å². The number of carbonyl (C=O) groups is 1. The first-order chi connectivity index (χ1) is 11.7. The maximum atomic E-state index is 12.1. The van der Waals surface area contributed by atoms with Crippen LogP contribution in [-0.4, -0.2) is 38.6 Å². The summed E-state index contributed by atoms with van der Waals surface area (Å²) in [6.07, 6.45) is 5.05. The van der Waals surface area contributed by atoms with E-state index in [0.29, 0.717) is 12.4 Å². The van der Waals surface area contributed by atoms with Crippen molar-refractivity contribution in [3.8, 4) is 11.1 Å². The van der Waals surface area contributed by atoms with Gasteiger partial charge >= 0.3 is 0 Å². The van der Waals surface area contributed by atoms with Crippen LogP contribution in [0.4, 0.5) is 5.82 Å². The number of anilines is 1. The number of nitrogens with one attached hydrogen (secondary N) is 1. The van der Waals surface area contributed by atoms with Gasteiger partial charge in [-0.1, -0.05) is 6.07 Å². The molecule has 1 aliphatic heterocycles. The summed E-state index contributed by atoms with van der Waals surface area (Å²) in [4.78, 5) is 12.1. The predicted octanol–water partition coefficient (Wildman–Crippen LogP) is 2.15. The first-order valence-electron chi connectivity index (χ1n) is 7.88. The Morgan fingerprint density at radius 3 is 2.96 bits per heavy atom. The Labute approximate surface area is 138 Å². The maximum absolute atomic E-state index is 12.1. The van der Waals surface area contributed by atoms with Gasteiger partial charge in [0.1, 0.15) is 6.10 Å². The van der Waals surface area contributed by atoms with Gasteiger partial charge in [-0.15, -0.1) is 10.2 Å². The number of nitrogens with zero attached hydrogens (tertiary/aromatic N) is 4. The second kappa shape index (κ2) is 6.01. The standard InChI is InChI=1S/C17H17N5O2/c1-22-10-13(9-18-22)11-4-5-14-12(7-11)8-16(21-20-14)19-17(23)15-3-2-6-24-15/h4-5,7-10,15H,2-3,6H2,1H3,(H,19,21,23). The lowest BCUT2D eigenvalue weighted by atomic mass is 10.1. The fraction of sp³-hybridized carbons (Fsp3) is 0.294. The van der Waals surface area contributed by atoms with Gasteiger partial charge in [0.25, 0.3) is 5.91 Å². The Morgan fingerprint density at radius 1 is 1.29 bits per heavy atom. The number of fused-ring (bicyclic) bond motifs is 1. The SMILES string of the molecule is Cn1cc(-c2ccc3nnc(NC(=O)C4CCCO4)cc3c2)cn1. The molecule has 1 aromatic carbocycles. The van der Waals surface area contributed by atoms with Gasteiger partial charge in [-0.2, -0.15) is 5.10 Å². The third-order valence-electron chi connectivity index (χ3n) is 4.10. The predicted molar refractivity (Wildman–Crippen MR) is 89.3 cm³/mol. The molecule has 122 valence electrons. The topological polar surface area (TPSA) is 81.9 Å². The zero-order chi connectivity index (χ0) is 16.5. The van der Waals surface area contributed by atoms with Crippen LogP contribution in [0.3, 0.4) is 0 Å². The quantitative estimate of drug-likeness (QED) is 0.798. The number of benzene rings is 1. The summed E-state index contributed by atoms with van der Waals surface area (Å²) in [5.41, 5.74) is 2.85. The molecule has 4 rings (SSSR count). The van der Waals surface area contributed by atoms with Crippen molar-refractivity contribution >= 4 is 22.6 Å². The average molecular weight is 323 g/mol. The zero-order valence-corrected chi connectivity index (χ0v) is 13.3. The highest BCUT2D eigenvalue weighted by Gasteiger charge is 2.23. The Balaban J connectivity index is 1.62. The third kappa shape index (κ3) is 2.85. The summed E-state index contributed by atoms with van der Waals surface area (Å²) in [5.74, 6) is 0.274. The molecule has 1 atom stereocenters. The average Bonchev–Trinajstić information content (AvgIpc) is 3.25. The lowest BCUT2D eigenvalue weighted by Gasteiger charge is -2.10. The van der Waals surface area contributed by atoms with Gasteiger partial charge in [-0.05, 0) is 36.6 Å². The first kappa shape index (κ1) is 14.8. The summed E-state index contributed by atoms with van der Waals surface area (Å²) >= 11 is 0. The summed E-state index contributed by atoms with van der Waals surface area (Å²) < 4.78 is 7.15. The Kier molecular flexibility index (Phi) is 3.70. The van der Waals surface area contributed by atoms with Gasteiger partial charge in [0.05, 0.1) is 11.7 Å². The lowest BCUT2D eigenvalue weighted by molar-refractivity contribution is -0.124. The van der Waals surface area contributed by atoms with Crippen molar-refractivity contribution in [1.29, 1.82) is 0 Å². The van der Waals surface area contributed by atoms with Crippen molar-refractivity contribution in [3.05, 3.63) is 36.7 Å². The van der Waals surface area contributed by atoms with Crippen molar-refractivity contribution in [2.75, 3.05) is 11.9 Å². The second-order valence-electron chi connectivity index (χ2n) is 5.90. The fourth-order valence-corrected chi connectivity index (χ4v) is 2.85. The largest absolute Gasteiger partial charge is 0.368 e. The van der Waals surface area contributed by atoms with E-state index in [1.54, 1.807) is 4.68 Å². The van der Waals surface area contributed by atoms with Crippen LogP contribution in [0, 0.1) is 0 Å². The van der Waals surface area contributed by atoms with Crippen LogP contribution in [0.1, 0.15) is 12.8 Å². The van der Waals surface area contributed by atoms with Crippen LogP contribution in [0.5, 0.6) is 0 Å². The maximum Gasteiger partial charge on any atom is 0.254 e. The molecule has 1 saturated heterocycles. The Hall–Kier alpha value is -2.80. The number of ether oxygens (including phenoxy) is 1. The van der Waals surface area contributed by atoms with E-state index in [9.17, 15) is 4.79 Å². The molecular formula is C17H17N5O2. The summed E-state index contributed by atoms with van der Waals surface area (Å²) in [6.45, 7) is 0.635. The van der Waals surface area contributed by atoms with Gasteiger partial charge < -0.3 is 10.1 Å². The normalized spacial score (nSPS) is 17.3. The van der Waals surface area contributed by atoms with Gasteiger partial charge in [0.2, 0.25) is 0 Å². The molecule has 1 aliphatic rings. The van der Waals surface area contributed by atoms with Crippen LogP contribution in [0.2, 0.25) is 0 Å². The molecule has 1 unspecified atom stereocenters. The van der Waals surface area contributed by atoms with Crippen molar-refractivity contribution in [2.45, 2.75) is 18.9 Å². The molecule has 3 aromatic rings. The molecule has 2 aromatic heterocycles. The summed E-state index contributed by atoms with van der Waals surface area (Å²) in [5, 5.41) is 16.1. The molecule has 0 saturated carbocycles. The number of aryl methyl sites for hydroxylation is 1. The minimum atomic E-state index is -0.385. The highest BCUT2D eigenvalue weighted by molar-refractivity contribution is 5.95. The van der Waals surface area contributed by atoms with E-state index in [4.69, 9.17) is 4.74 Å². The van der Waals surface area contributed by atoms with Crippen molar-refractivity contribution < 1.29 is 9.53 Å². The zero-order valence-electron chi connectivity index (χ0n) is 13.3. The molecule has 24 heavy (non-hydrogen) atoms. The number of rotatable bonds is 3. The second-order valence-corrected chi connectivity index (χ2v) is 5.90. The van der Waals surface area contributed by atoms with Crippen LogP contribution in [0.25, 0.3) is 22.0 Å². The van der Waals surface area contributed by atoms with E-state index in [0.717, 1.165) is 34.9 Å². The van der Waals surface area contributed by atoms with Crippen molar-refractivity contribution in [1.82, 2.24) is 20.0 Å². The van der Waals surface area contributed by atoms with E-state index >= 15 is 0 Å². The molecule has 1 fully saturated rings. The van der Waals surface area contributed by atoms with Crippen LogP contribution in [0.15, 0.2) is 36.7 Å². The Morgan fingerprint density at radius 2 is 2.21 bits per heavy atom. The monoisotopic (exact) mass is 323 g/mol. The van der Waals surface area contributed by atoms with Gasteiger partial charge in [-0.25, -0.2) is 0 Å². The molecule has 0 bridgehead atoms. The van der Waals surface area contributed by atoms with Crippen LogP contribution >= 0.6 is 0 Å². The van der Waals surface area contributed by atoms with Crippen LogP contribution < -0.4 is 5.32 Å². The third-order valence-corrected chi connectivity index (χ3v) is 4.10. The number of hydrogen-bond acceptors (Lipinski definition) is 5. The molecule has 7 nitrogen and oxygen atoms in total. The molecule has 0 spiro atoms. The highest BCUT2D eigenvalue weighted by Crippen LogP contribution is 2.24.